The number of fused-ring (bicyclic) bond motifs is 2. The standard InChI is InChI=1S/C25H24N4O2S/c1-16-20(21(16)15-29-24(30)17-6-2-3-7-18(17)25(29)31)14-27-10-12-28(13-11-27)23-19-8-4-5-9-22(19)32-26-23/h2-9,20-21H,1,10-15H2/t20-,21-/m0/s1. The molecule has 3 heterocycles. The fourth-order valence-corrected chi connectivity index (χ4v) is 5.85. The van der Waals surface area contributed by atoms with Crippen molar-refractivity contribution >= 4 is 39.3 Å². The Balaban J connectivity index is 1.05. The largest absolute Gasteiger partial charge is 0.353 e. The van der Waals surface area contributed by atoms with Gasteiger partial charge in [-0.25, -0.2) is 0 Å². The predicted molar refractivity (Wildman–Crippen MR) is 126 cm³/mol. The van der Waals surface area contributed by atoms with Gasteiger partial charge in [0.1, 0.15) is 5.82 Å². The Morgan fingerprint density at radius 1 is 0.875 bits per heavy atom. The second kappa shape index (κ2) is 7.53. The summed E-state index contributed by atoms with van der Waals surface area (Å²) < 4.78 is 5.93. The first kappa shape index (κ1) is 19.6. The Kier molecular flexibility index (Phi) is 4.62. The lowest BCUT2D eigenvalue weighted by atomic mass is 10.1. The fourth-order valence-electron chi connectivity index (χ4n) is 5.06. The molecule has 0 unspecified atom stereocenters. The number of piperazine rings is 1. The van der Waals surface area contributed by atoms with Crippen LogP contribution in [0.25, 0.3) is 10.1 Å². The minimum absolute atomic E-state index is 0.173. The normalized spacial score (nSPS) is 23.3. The van der Waals surface area contributed by atoms with Crippen molar-refractivity contribution in [1.82, 2.24) is 14.2 Å². The van der Waals surface area contributed by atoms with Crippen molar-refractivity contribution in [2.24, 2.45) is 11.8 Å². The summed E-state index contributed by atoms with van der Waals surface area (Å²) in [6.07, 6.45) is 0. The number of imide groups is 1. The minimum Gasteiger partial charge on any atom is -0.353 e. The van der Waals surface area contributed by atoms with E-state index in [0.717, 1.165) is 44.1 Å². The van der Waals surface area contributed by atoms with Gasteiger partial charge >= 0.3 is 0 Å². The molecule has 6 nitrogen and oxygen atoms in total. The highest BCUT2D eigenvalue weighted by atomic mass is 32.1. The molecule has 0 N–H and O–H groups in total. The van der Waals surface area contributed by atoms with Crippen LogP contribution in [0.5, 0.6) is 0 Å². The van der Waals surface area contributed by atoms with Gasteiger partial charge in [0.25, 0.3) is 11.8 Å². The van der Waals surface area contributed by atoms with E-state index in [2.05, 4.69) is 40.6 Å². The van der Waals surface area contributed by atoms with E-state index in [0.29, 0.717) is 23.6 Å². The molecule has 1 aliphatic carbocycles. The Labute approximate surface area is 190 Å². The average Bonchev–Trinajstić information content (AvgIpc) is 3.14. The molecule has 3 aliphatic rings. The highest BCUT2D eigenvalue weighted by Gasteiger charge is 2.47. The number of carbonyl (C=O) groups excluding carboxylic acids is 2. The van der Waals surface area contributed by atoms with E-state index in [1.807, 2.05) is 0 Å². The lowest BCUT2D eigenvalue weighted by Crippen LogP contribution is -2.47. The molecule has 2 amide bonds. The summed E-state index contributed by atoms with van der Waals surface area (Å²) in [5.41, 5.74) is 2.20. The molecule has 0 radical (unpaired) electrons. The number of rotatable bonds is 5. The van der Waals surface area contributed by atoms with E-state index in [1.165, 1.54) is 15.0 Å². The monoisotopic (exact) mass is 444 g/mol. The third-order valence-corrected chi connectivity index (χ3v) is 7.89. The number of carbonyl (C=O) groups is 2. The van der Waals surface area contributed by atoms with Crippen molar-refractivity contribution in [3.63, 3.8) is 0 Å². The van der Waals surface area contributed by atoms with Crippen LogP contribution in [0.15, 0.2) is 60.7 Å². The van der Waals surface area contributed by atoms with Crippen molar-refractivity contribution in [3.05, 3.63) is 71.8 Å². The fraction of sp³-hybridized carbons (Fsp3) is 0.320. The van der Waals surface area contributed by atoms with Crippen LogP contribution in [0.2, 0.25) is 0 Å². The SMILES string of the molecule is C=C1[C@H](CN2CCN(c3nsc4ccccc34)CC2)[C@H]1CN1C(=O)c2ccccc2C1=O. The van der Waals surface area contributed by atoms with Gasteiger partial charge in [-0.2, -0.15) is 4.37 Å². The van der Waals surface area contributed by atoms with Crippen LogP contribution in [0.3, 0.4) is 0 Å². The molecule has 162 valence electrons. The maximum Gasteiger partial charge on any atom is 0.261 e. The molecule has 1 aromatic heterocycles. The first-order chi connectivity index (χ1) is 15.6. The third kappa shape index (κ3) is 3.15. The molecule has 32 heavy (non-hydrogen) atoms. The van der Waals surface area contributed by atoms with Crippen molar-refractivity contribution in [3.8, 4) is 0 Å². The minimum atomic E-state index is -0.173. The maximum atomic E-state index is 12.7. The predicted octanol–water partition coefficient (Wildman–Crippen LogP) is 3.52. The summed E-state index contributed by atoms with van der Waals surface area (Å²) in [4.78, 5) is 31.6. The van der Waals surface area contributed by atoms with Gasteiger partial charge in [-0.05, 0) is 35.8 Å². The molecule has 2 aliphatic heterocycles. The zero-order chi connectivity index (χ0) is 21.8. The molecule has 0 spiro atoms. The van der Waals surface area contributed by atoms with Gasteiger partial charge in [0.15, 0.2) is 0 Å². The average molecular weight is 445 g/mol. The number of amides is 2. The number of hydrogen-bond acceptors (Lipinski definition) is 6. The van der Waals surface area contributed by atoms with Crippen molar-refractivity contribution in [2.45, 2.75) is 0 Å². The van der Waals surface area contributed by atoms with Gasteiger partial charge in [0, 0.05) is 56.5 Å². The summed E-state index contributed by atoms with van der Waals surface area (Å²) in [7, 11) is 0. The molecular weight excluding hydrogens is 420 g/mol. The molecule has 2 atom stereocenters. The quantitative estimate of drug-likeness (QED) is 0.445. The first-order valence-electron chi connectivity index (χ1n) is 11.1. The van der Waals surface area contributed by atoms with E-state index >= 15 is 0 Å². The first-order valence-corrected chi connectivity index (χ1v) is 11.8. The Hall–Kier alpha value is -3.03. The molecule has 0 bridgehead atoms. The van der Waals surface area contributed by atoms with E-state index in [-0.39, 0.29) is 17.7 Å². The summed E-state index contributed by atoms with van der Waals surface area (Å²) in [5, 5.41) is 1.24. The third-order valence-electron chi connectivity index (χ3n) is 7.07. The van der Waals surface area contributed by atoms with E-state index in [9.17, 15) is 9.59 Å². The molecule has 2 fully saturated rings. The highest BCUT2D eigenvalue weighted by Crippen LogP contribution is 2.46. The lowest BCUT2D eigenvalue weighted by Gasteiger charge is -2.35. The van der Waals surface area contributed by atoms with E-state index < -0.39 is 0 Å². The number of benzene rings is 2. The van der Waals surface area contributed by atoms with Crippen LogP contribution in [-0.2, 0) is 0 Å². The van der Waals surface area contributed by atoms with E-state index in [1.54, 1.807) is 35.8 Å². The summed E-state index contributed by atoms with van der Waals surface area (Å²) in [6.45, 7) is 9.49. The lowest BCUT2D eigenvalue weighted by molar-refractivity contribution is 0.0644. The molecular formula is C25H24N4O2S. The van der Waals surface area contributed by atoms with Crippen LogP contribution in [0.4, 0.5) is 5.82 Å². The van der Waals surface area contributed by atoms with Crippen LogP contribution in [0, 0.1) is 11.8 Å². The van der Waals surface area contributed by atoms with Crippen molar-refractivity contribution < 1.29 is 9.59 Å². The van der Waals surface area contributed by atoms with Gasteiger partial charge in [-0.15, -0.1) is 0 Å². The highest BCUT2D eigenvalue weighted by molar-refractivity contribution is 7.13. The number of hydrogen-bond donors (Lipinski definition) is 0. The van der Waals surface area contributed by atoms with Gasteiger partial charge in [-0.3, -0.25) is 19.4 Å². The second-order valence-corrected chi connectivity index (χ2v) is 9.65. The summed E-state index contributed by atoms with van der Waals surface area (Å²) in [6, 6.07) is 15.5. The topological polar surface area (TPSA) is 56.8 Å². The number of nitrogens with zero attached hydrogens (tertiary/aromatic N) is 4. The van der Waals surface area contributed by atoms with Gasteiger partial charge in [0.2, 0.25) is 0 Å². The van der Waals surface area contributed by atoms with Crippen LogP contribution < -0.4 is 4.90 Å². The van der Waals surface area contributed by atoms with E-state index in [4.69, 9.17) is 4.37 Å². The zero-order valence-electron chi connectivity index (χ0n) is 17.7. The zero-order valence-corrected chi connectivity index (χ0v) is 18.6. The Bertz CT molecular complexity index is 1210. The Morgan fingerprint density at radius 3 is 2.22 bits per heavy atom. The van der Waals surface area contributed by atoms with Gasteiger partial charge in [-0.1, -0.05) is 36.4 Å². The second-order valence-electron chi connectivity index (χ2n) is 8.84. The van der Waals surface area contributed by atoms with Crippen LogP contribution in [0.1, 0.15) is 20.7 Å². The van der Waals surface area contributed by atoms with Crippen LogP contribution in [-0.4, -0.2) is 65.3 Å². The number of anilines is 1. The molecule has 2 aromatic carbocycles. The molecule has 7 heteroatoms. The van der Waals surface area contributed by atoms with Crippen molar-refractivity contribution in [2.75, 3.05) is 44.2 Å². The summed E-state index contributed by atoms with van der Waals surface area (Å²) >= 11 is 1.56. The smallest absolute Gasteiger partial charge is 0.261 e. The van der Waals surface area contributed by atoms with Gasteiger partial charge < -0.3 is 4.90 Å². The van der Waals surface area contributed by atoms with Gasteiger partial charge in [0.05, 0.1) is 15.8 Å². The molecule has 1 saturated carbocycles. The molecule has 3 aromatic rings. The molecule has 6 rings (SSSR count). The number of aromatic nitrogens is 1. The summed E-state index contributed by atoms with van der Waals surface area (Å²) in [5.74, 6) is 1.31. The van der Waals surface area contributed by atoms with Crippen LogP contribution >= 0.6 is 11.5 Å². The van der Waals surface area contributed by atoms with Crippen molar-refractivity contribution in [1.29, 1.82) is 0 Å². The Morgan fingerprint density at radius 2 is 1.50 bits per heavy atom. The maximum absolute atomic E-state index is 12.7. The molecule has 1 saturated heterocycles.